The van der Waals surface area contributed by atoms with Gasteiger partial charge in [-0.25, -0.2) is 18.1 Å². The van der Waals surface area contributed by atoms with Crippen molar-refractivity contribution in [2.75, 3.05) is 18.4 Å². The maximum atomic E-state index is 12.1. The summed E-state index contributed by atoms with van der Waals surface area (Å²) in [5.74, 6) is 1.37. The molecule has 114 valence electrons. The van der Waals surface area contributed by atoms with Crippen molar-refractivity contribution in [2.45, 2.75) is 18.2 Å². The number of nitrogens with zero attached hydrogens (tertiary/aromatic N) is 4. The van der Waals surface area contributed by atoms with Gasteiger partial charge in [-0.05, 0) is 19.1 Å². The fraction of sp³-hybridized carbons (Fsp3) is 0.417. The van der Waals surface area contributed by atoms with Crippen LogP contribution in [-0.2, 0) is 23.5 Å². The lowest BCUT2D eigenvalue weighted by Gasteiger charge is -2.07. The number of nitrogens with one attached hydrogen (secondary N) is 2. The predicted octanol–water partition coefficient (Wildman–Crippen LogP) is 0.163. The lowest BCUT2D eigenvalue weighted by Crippen LogP contribution is -2.26. The summed E-state index contributed by atoms with van der Waals surface area (Å²) in [7, 11) is -1.74. The first kappa shape index (κ1) is 15.4. The van der Waals surface area contributed by atoms with Crippen molar-refractivity contribution in [3.63, 3.8) is 0 Å². The van der Waals surface area contributed by atoms with E-state index in [0.717, 1.165) is 12.4 Å². The first-order valence-electron chi connectivity index (χ1n) is 6.55. The summed E-state index contributed by atoms with van der Waals surface area (Å²) in [6.45, 7) is 2.93. The van der Waals surface area contributed by atoms with Crippen LogP contribution >= 0.6 is 0 Å². The van der Waals surface area contributed by atoms with Crippen molar-refractivity contribution in [1.29, 1.82) is 0 Å². The zero-order chi connectivity index (χ0) is 15.3. The number of aryl methyl sites for hydroxylation is 1. The molecule has 0 amide bonds. The summed E-state index contributed by atoms with van der Waals surface area (Å²) in [6.07, 6.45) is 3.38. The van der Waals surface area contributed by atoms with Gasteiger partial charge in [0.15, 0.2) is 0 Å². The molecule has 0 aliphatic heterocycles. The molecule has 8 nitrogen and oxygen atoms in total. The van der Waals surface area contributed by atoms with Gasteiger partial charge in [-0.3, -0.25) is 0 Å². The van der Waals surface area contributed by atoms with Gasteiger partial charge in [0.05, 0.1) is 0 Å². The van der Waals surface area contributed by atoms with Crippen LogP contribution < -0.4 is 10.0 Å². The number of rotatable bonds is 7. The first-order valence-corrected chi connectivity index (χ1v) is 8.03. The molecule has 0 bridgehead atoms. The molecule has 0 aliphatic rings. The zero-order valence-electron chi connectivity index (χ0n) is 11.9. The summed E-state index contributed by atoms with van der Waals surface area (Å²) < 4.78 is 28.5. The second kappa shape index (κ2) is 6.64. The second-order valence-corrected chi connectivity index (χ2v) is 6.18. The first-order chi connectivity index (χ1) is 10.0. The topological polar surface area (TPSA) is 102 Å². The molecule has 2 rings (SSSR count). The highest BCUT2D eigenvalue weighted by molar-refractivity contribution is 7.89. The van der Waals surface area contributed by atoms with E-state index in [1.165, 1.54) is 12.3 Å². The molecule has 2 N–H and O–H groups in total. The second-order valence-electron chi connectivity index (χ2n) is 4.42. The summed E-state index contributed by atoms with van der Waals surface area (Å²) in [4.78, 5) is 4.19. The molecule has 0 spiro atoms. The fourth-order valence-corrected chi connectivity index (χ4v) is 2.72. The van der Waals surface area contributed by atoms with E-state index in [1.54, 1.807) is 17.0 Å². The van der Waals surface area contributed by atoms with Crippen LogP contribution in [0.4, 0.5) is 5.82 Å². The highest BCUT2D eigenvalue weighted by Gasteiger charge is 2.14. The van der Waals surface area contributed by atoms with Crippen LogP contribution in [0.1, 0.15) is 12.7 Å². The van der Waals surface area contributed by atoms with Crippen molar-refractivity contribution in [1.82, 2.24) is 24.5 Å². The Hall–Kier alpha value is -2.00. The Labute approximate surface area is 123 Å². The molecular formula is C12H18N6O2S. The Morgan fingerprint density at radius 2 is 2.14 bits per heavy atom. The minimum absolute atomic E-state index is 0.141. The molecule has 0 unspecified atom stereocenters. The summed E-state index contributed by atoms with van der Waals surface area (Å²) in [5.41, 5.74) is 0. The molecule has 2 aromatic rings. The lowest BCUT2D eigenvalue weighted by molar-refractivity contribution is 0.579. The quantitative estimate of drug-likeness (QED) is 0.755. The third-order valence-corrected chi connectivity index (χ3v) is 4.30. The molecule has 21 heavy (non-hydrogen) atoms. The maximum Gasteiger partial charge on any atom is 0.242 e. The Morgan fingerprint density at radius 3 is 2.71 bits per heavy atom. The third kappa shape index (κ3) is 3.99. The van der Waals surface area contributed by atoms with Crippen LogP contribution in [0.15, 0.2) is 29.6 Å². The smallest absolute Gasteiger partial charge is 0.242 e. The number of anilines is 1. The van der Waals surface area contributed by atoms with Crippen LogP contribution in [-0.4, -0.2) is 41.3 Å². The highest BCUT2D eigenvalue weighted by Crippen LogP contribution is 2.10. The monoisotopic (exact) mass is 310 g/mol. The van der Waals surface area contributed by atoms with Gasteiger partial charge in [0.2, 0.25) is 10.0 Å². The fourth-order valence-electron chi connectivity index (χ4n) is 1.74. The van der Waals surface area contributed by atoms with Crippen LogP contribution in [0.5, 0.6) is 0 Å². The van der Waals surface area contributed by atoms with E-state index in [0.29, 0.717) is 12.2 Å². The van der Waals surface area contributed by atoms with Crippen molar-refractivity contribution in [2.24, 2.45) is 7.05 Å². The molecule has 0 saturated heterocycles. The molecule has 9 heteroatoms. The Bertz CT molecular complexity index is 680. The van der Waals surface area contributed by atoms with Crippen LogP contribution in [0.3, 0.4) is 0 Å². The highest BCUT2D eigenvalue weighted by atomic mass is 32.2. The summed E-state index contributed by atoms with van der Waals surface area (Å²) in [5, 5.41) is 10.6. The maximum absolute atomic E-state index is 12.1. The Balaban J connectivity index is 1.96. The van der Waals surface area contributed by atoms with Gasteiger partial charge in [-0.15, -0.1) is 10.2 Å². The van der Waals surface area contributed by atoms with Gasteiger partial charge in [-0.1, -0.05) is 0 Å². The van der Waals surface area contributed by atoms with Crippen LogP contribution in [0.2, 0.25) is 0 Å². The van der Waals surface area contributed by atoms with Gasteiger partial charge < -0.3 is 9.88 Å². The largest absolute Gasteiger partial charge is 0.370 e. The van der Waals surface area contributed by atoms with E-state index < -0.39 is 10.0 Å². The summed E-state index contributed by atoms with van der Waals surface area (Å²) in [6, 6.07) is 3.16. The molecule has 0 fully saturated rings. The van der Waals surface area contributed by atoms with E-state index in [4.69, 9.17) is 0 Å². The van der Waals surface area contributed by atoms with Gasteiger partial charge in [0.25, 0.3) is 0 Å². The zero-order valence-corrected chi connectivity index (χ0v) is 12.8. The van der Waals surface area contributed by atoms with Gasteiger partial charge in [0.1, 0.15) is 22.9 Å². The standard InChI is InChI=1S/C12H18N6O2S/c1-3-13-11-5-4-10(8-14-11)21(19,20)16-7-6-12-17-15-9-18(12)2/h4-5,8-9,16H,3,6-7H2,1-2H3,(H,13,14). The average molecular weight is 310 g/mol. The van der Waals surface area contributed by atoms with Gasteiger partial charge >= 0.3 is 0 Å². The molecule has 0 radical (unpaired) electrons. The van der Waals surface area contributed by atoms with Crippen molar-refractivity contribution >= 4 is 15.8 Å². The third-order valence-electron chi connectivity index (χ3n) is 2.85. The number of hydrogen-bond acceptors (Lipinski definition) is 6. The van der Waals surface area contributed by atoms with E-state index in [-0.39, 0.29) is 11.4 Å². The normalized spacial score (nSPS) is 11.5. The number of aromatic nitrogens is 4. The van der Waals surface area contributed by atoms with Crippen molar-refractivity contribution in [3.05, 3.63) is 30.5 Å². The number of pyridine rings is 1. The molecule has 2 aromatic heterocycles. The summed E-state index contributed by atoms with van der Waals surface area (Å²) >= 11 is 0. The van der Waals surface area contributed by atoms with Gasteiger partial charge in [-0.2, -0.15) is 0 Å². The minimum Gasteiger partial charge on any atom is -0.370 e. The number of hydrogen-bond donors (Lipinski definition) is 2. The molecule has 0 atom stereocenters. The molecular weight excluding hydrogens is 292 g/mol. The van der Waals surface area contributed by atoms with Crippen LogP contribution in [0.25, 0.3) is 0 Å². The molecule has 0 saturated carbocycles. The van der Waals surface area contributed by atoms with E-state index in [2.05, 4.69) is 25.2 Å². The van der Waals surface area contributed by atoms with E-state index in [1.807, 2.05) is 14.0 Å². The average Bonchev–Trinajstić information content (AvgIpc) is 2.85. The number of sulfonamides is 1. The van der Waals surface area contributed by atoms with Crippen LogP contribution in [0, 0.1) is 0 Å². The molecule has 0 aliphatic carbocycles. The minimum atomic E-state index is -3.56. The SMILES string of the molecule is CCNc1ccc(S(=O)(=O)NCCc2nncn2C)cn1. The Kier molecular flexibility index (Phi) is 4.86. The van der Waals surface area contributed by atoms with E-state index >= 15 is 0 Å². The van der Waals surface area contributed by atoms with E-state index in [9.17, 15) is 8.42 Å². The molecule has 2 heterocycles. The van der Waals surface area contributed by atoms with Gasteiger partial charge in [0, 0.05) is 32.8 Å². The Morgan fingerprint density at radius 1 is 1.33 bits per heavy atom. The lowest BCUT2D eigenvalue weighted by atomic mass is 10.4. The molecule has 0 aromatic carbocycles. The van der Waals surface area contributed by atoms with Crippen molar-refractivity contribution < 1.29 is 8.42 Å². The predicted molar refractivity (Wildman–Crippen MR) is 78.3 cm³/mol. The van der Waals surface area contributed by atoms with Crippen molar-refractivity contribution in [3.8, 4) is 0 Å².